The summed E-state index contributed by atoms with van der Waals surface area (Å²) < 4.78 is 80.2. The van der Waals surface area contributed by atoms with E-state index in [4.69, 9.17) is 0 Å². The van der Waals surface area contributed by atoms with E-state index in [1.54, 1.807) is 14.1 Å². The highest BCUT2D eigenvalue weighted by atomic mass is 19.4. The SMILES string of the molecule is Cc1cc(OC(F)(F)F)ccc1Nc1cc(C(F)(F)F)nc(NCCN(C)C)n1. The highest BCUT2D eigenvalue weighted by Crippen LogP contribution is 2.32. The molecule has 0 spiro atoms. The number of rotatable bonds is 7. The number of benzene rings is 1. The maximum absolute atomic E-state index is 13.1. The first-order valence-electron chi connectivity index (χ1n) is 8.32. The Morgan fingerprint density at radius 1 is 1.03 bits per heavy atom. The summed E-state index contributed by atoms with van der Waals surface area (Å²) in [6.45, 7) is 2.34. The van der Waals surface area contributed by atoms with Crippen molar-refractivity contribution in [1.82, 2.24) is 14.9 Å². The Kier molecular flexibility index (Phi) is 6.77. The van der Waals surface area contributed by atoms with Gasteiger partial charge in [0.05, 0.1) is 0 Å². The minimum absolute atomic E-state index is 0.160. The van der Waals surface area contributed by atoms with Crippen molar-refractivity contribution in [1.29, 1.82) is 0 Å². The Morgan fingerprint density at radius 2 is 1.72 bits per heavy atom. The monoisotopic (exact) mass is 423 g/mol. The zero-order chi connectivity index (χ0) is 21.8. The second-order valence-corrected chi connectivity index (χ2v) is 6.34. The number of likely N-dealkylation sites (N-methyl/N-ethyl adjacent to an activating group) is 1. The number of nitrogens with one attached hydrogen (secondary N) is 2. The predicted molar refractivity (Wildman–Crippen MR) is 95.2 cm³/mol. The van der Waals surface area contributed by atoms with E-state index < -0.39 is 24.0 Å². The lowest BCUT2D eigenvalue weighted by molar-refractivity contribution is -0.274. The Labute approximate surface area is 162 Å². The third-order valence-electron chi connectivity index (χ3n) is 3.55. The number of aromatic nitrogens is 2. The molecule has 29 heavy (non-hydrogen) atoms. The number of ether oxygens (including phenoxy) is 1. The number of hydrogen-bond donors (Lipinski definition) is 2. The van der Waals surface area contributed by atoms with Crippen LogP contribution >= 0.6 is 0 Å². The van der Waals surface area contributed by atoms with Gasteiger partial charge in [-0.05, 0) is 44.8 Å². The molecular weight excluding hydrogens is 404 g/mol. The second-order valence-electron chi connectivity index (χ2n) is 6.34. The Bertz CT molecular complexity index is 838. The third-order valence-corrected chi connectivity index (χ3v) is 3.55. The number of aryl methyl sites for hydroxylation is 1. The molecule has 2 N–H and O–H groups in total. The summed E-state index contributed by atoms with van der Waals surface area (Å²) >= 11 is 0. The fourth-order valence-electron chi connectivity index (χ4n) is 2.24. The van der Waals surface area contributed by atoms with Crippen LogP contribution < -0.4 is 15.4 Å². The molecule has 1 aromatic carbocycles. The first kappa shape index (κ1) is 22.5. The highest BCUT2D eigenvalue weighted by molar-refractivity contribution is 5.62. The fraction of sp³-hybridized carbons (Fsp3) is 0.412. The molecule has 0 radical (unpaired) electrons. The highest BCUT2D eigenvalue weighted by Gasteiger charge is 2.34. The van der Waals surface area contributed by atoms with Crippen LogP contribution in [0.5, 0.6) is 5.75 Å². The molecule has 160 valence electrons. The largest absolute Gasteiger partial charge is 0.573 e. The van der Waals surface area contributed by atoms with Crippen LogP contribution in [0.2, 0.25) is 0 Å². The molecule has 0 saturated carbocycles. The average Bonchev–Trinajstić information content (AvgIpc) is 2.54. The molecule has 0 fully saturated rings. The lowest BCUT2D eigenvalue weighted by atomic mass is 10.2. The standard InChI is InChI=1S/C17H19F6N5O/c1-10-8-11(29-17(21,22)23)4-5-12(10)25-14-9-13(16(18,19)20)26-15(27-14)24-6-7-28(2)3/h4-5,8-9H,6-7H2,1-3H3,(H2,24,25,26,27). The molecule has 0 saturated heterocycles. The first-order valence-corrected chi connectivity index (χ1v) is 8.32. The van der Waals surface area contributed by atoms with Gasteiger partial charge in [-0.1, -0.05) is 0 Å². The summed E-state index contributed by atoms with van der Waals surface area (Å²) in [6.07, 6.45) is -9.54. The van der Waals surface area contributed by atoms with E-state index in [0.29, 0.717) is 18.7 Å². The van der Waals surface area contributed by atoms with Gasteiger partial charge in [-0.3, -0.25) is 0 Å². The molecule has 0 aliphatic heterocycles. The van der Waals surface area contributed by atoms with Crippen LogP contribution in [0.1, 0.15) is 11.3 Å². The van der Waals surface area contributed by atoms with Gasteiger partial charge in [0.2, 0.25) is 5.95 Å². The van der Waals surface area contributed by atoms with E-state index in [2.05, 4.69) is 25.3 Å². The smallest absolute Gasteiger partial charge is 0.406 e. The molecule has 2 aromatic rings. The van der Waals surface area contributed by atoms with E-state index in [1.807, 2.05) is 4.90 Å². The van der Waals surface area contributed by atoms with Crippen molar-refractivity contribution in [3.8, 4) is 5.75 Å². The van der Waals surface area contributed by atoms with E-state index in [0.717, 1.165) is 18.2 Å². The average molecular weight is 423 g/mol. The Balaban J connectivity index is 2.26. The van der Waals surface area contributed by atoms with E-state index >= 15 is 0 Å². The molecule has 0 atom stereocenters. The van der Waals surface area contributed by atoms with Crippen molar-refractivity contribution >= 4 is 17.5 Å². The van der Waals surface area contributed by atoms with E-state index in [1.165, 1.54) is 13.0 Å². The van der Waals surface area contributed by atoms with Gasteiger partial charge < -0.3 is 20.3 Å². The second kappa shape index (κ2) is 8.72. The van der Waals surface area contributed by atoms with Crippen molar-refractivity contribution in [3.63, 3.8) is 0 Å². The molecule has 6 nitrogen and oxygen atoms in total. The number of anilines is 3. The molecule has 0 unspecified atom stereocenters. The van der Waals surface area contributed by atoms with Crippen molar-refractivity contribution in [2.75, 3.05) is 37.8 Å². The van der Waals surface area contributed by atoms with Crippen LogP contribution in [-0.2, 0) is 6.18 Å². The number of nitrogens with zero attached hydrogens (tertiary/aromatic N) is 3. The number of halogens is 6. The van der Waals surface area contributed by atoms with Crippen molar-refractivity contribution < 1.29 is 31.1 Å². The molecule has 2 rings (SSSR count). The maximum atomic E-state index is 13.1. The van der Waals surface area contributed by atoms with E-state index in [-0.39, 0.29) is 17.5 Å². The van der Waals surface area contributed by atoms with Gasteiger partial charge in [0.25, 0.3) is 0 Å². The van der Waals surface area contributed by atoms with Gasteiger partial charge >= 0.3 is 12.5 Å². The molecule has 0 aliphatic rings. The normalized spacial score (nSPS) is 12.2. The van der Waals surface area contributed by atoms with Crippen LogP contribution in [0.4, 0.5) is 43.8 Å². The van der Waals surface area contributed by atoms with Gasteiger partial charge in [0.1, 0.15) is 11.6 Å². The number of hydrogen-bond acceptors (Lipinski definition) is 6. The van der Waals surface area contributed by atoms with Crippen LogP contribution in [0.3, 0.4) is 0 Å². The maximum Gasteiger partial charge on any atom is 0.573 e. The number of alkyl halides is 6. The molecule has 0 amide bonds. The van der Waals surface area contributed by atoms with Gasteiger partial charge in [0.15, 0.2) is 5.69 Å². The van der Waals surface area contributed by atoms with Gasteiger partial charge in [-0.15, -0.1) is 13.2 Å². The quantitative estimate of drug-likeness (QED) is 0.643. The molecule has 1 heterocycles. The first-order chi connectivity index (χ1) is 13.3. The molecular formula is C17H19F6N5O. The zero-order valence-corrected chi connectivity index (χ0v) is 15.7. The topological polar surface area (TPSA) is 62.3 Å². The van der Waals surface area contributed by atoms with Gasteiger partial charge in [0, 0.05) is 24.8 Å². The molecule has 0 bridgehead atoms. The summed E-state index contributed by atoms with van der Waals surface area (Å²) in [5, 5.41) is 5.39. The molecule has 1 aromatic heterocycles. The minimum Gasteiger partial charge on any atom is -0.406 e. The van der Waals surface area contributed by atoms with Crippen LogP contribution in [0, 0.1) is 6.92 Å². The van der Waals surface area contributed by atoms with Crippen molar-refractivity contribution in [2.45, 2.75) is 19.5 Å². The summed E-state index contributed by atoms with van der Waals surface area (Å²) in [6, 6.07) is 4.13. The van der Waals surface area contributed by atoms with E-state index in [9.17, 15) is 26.3 Å². The van der Waals surface area contributed by atoms with Crippen LogP contribution in [0.25, 0.3) is 0 Å². The van der Waals surface area contributed by atoms with Crippen LogP contribution in [-0.4, -0.2) is 48.4 Å². The lowest BCUT2D eigenvalue weighted by Crippen LogP contribution is -2.22. The minimum atomic E-state index is -4.84. The van der Waals surface area contributed by atoms with Crippen molar-refractivity contribution in [2.24, 2.45) is 0 Å². The Morgan fingerprint density at radius 3 is 2.28 bits per heavy atom. The van der Waals surface area contributed by atoms with Crippen LogP contribution in [0.15, 0.2) is 24.3 Å². The lowest BCUT2D eigenvalue weighted by Gasteiger charge is -2.15. The Hall–Kier alpha value is -2.76. The fourth-order valence-corrected chi connectivity index (χ4v) is 2.24. The predicted octanol–water partition coefficient (Wildman–Crippen LogP) is 4.42. The third kappa shape index (κ3) is 7.29. The molecule has 12 heteroatoms. The summed E-state index contributed by atoms with van der Waals surface area (Å²) in [5.41, 5.74) is -0.566. The zero-order valence-electron chi connectivity index (χ0n) is 15.7. The van der Waals surface area contributed by atoms with Gasteiger partial charge in [-0.25, -0.2) is 4.98 Å². The molecule has 0 aliphatic carbocycles. The summed E-state index contributed by atoms with van der Waals surface area (Å²) in [4.78, 5) is 9.30. The summed E-state index contributed by atoms with van der Waals surface area (Å²) in [7, 11) is 3.60. The summed E-state index contributed by atoms with van der Waals surface area (Å²) in [5.74, 6) is -0.823. The van der Waals surface area contributed by atoms with Crippen molar-refractivity contribution in [3.05, 3.63) is 35.5 Å². The van der Waals surface area contributed by atoms with Gasteiger partial charge in [-0.2, -0.15) is 18.2 Å².